The Bertz CT molecular complexity index is 295. The summed E-state index contributed by atoms with van der Waals surface area (Å²) < 4.78 is 0. The fourth-order valence-electron chi connectivity index (χ4n) is 1.40. The molecule has 1 saturated heterocycles. The zero-order valence-electron chi connectivity index (χ0n) is 6.68. The monoisotopic (exact) mass is 182 g/mol. The zero-order chi connectivity index (χ0) is 8.55. The molecular weight excluding hydrogens is 172 g/mol. The van der Waals surface area contributed by atoms with E-state index in [-0.39, 0.29) is 0 Å². The first-order chi connectivity index (χ1) is 5.77. The molecule has 12 heavy (non-hydrogen) atoms. The largest absolute Gasteiger partial charge is 0.398 e. The maximum atomic E-state index is 5.86. The number of benzene rings is 1. The van der Waals surface area contributed by atoms with Crippen LogP contribution in [0.2, 0.25) is 5.02 Å². The molecule has 1 atom stereocenters. The Balaban J connectivity index is 2.34. The Labute approximate surface area is 76.7 Å². The van der Waals surface area contributed by atoms with Crippen LogP contribution in [-0.4, -0.2) is 6.54 Å². The van der Waals surface area contributed by atoms with E-state index in [9.17, 15) is 0 Å². The van der Waals surface area contributed by atoms with Gasteiger partial charge in [0.05, 0.1) is 0 Å². The van der Waals surface area contributed by atoms with Crippen LogP contribution in [0.4, 0.5) is 5.69 Å². The summed E-state index contributed by atoms with van der Waals surface area (Å²) in [4.78, 5) is 0. The van der Waals surface area contributed by atoms with Gasteiger partial charge in [0.1, 0.15) is 0 Å². The van der Waals surface area contributed by atoms with Crippen molar-refractivity contribution in [1.29, 1.82) is 0 Å². The molecule has 64 valence electrons. The smallest absolute Gasteiger partial charge is 0.0410 e. The van der Waals surface area contributed by atoms with Crippen LogP contribution in [0.1, 0.15) is 18.0 Å². The number of halogens is 1. The van der Waals surface area contributed by atoms with Crippen LogP contribution in [-0.2, 0) is 0 Å². The fraction of sp³-hybridized carbons (Fsp3) is 0.333. The van der Waals surface area contributed by atoms with Crippen LogP contribution in [0.3, 0.4) is 0 Å². The molecule has 1 aliphatic heterocycles. The van der Waals surface area contributed by atoms with Gasteiger partial charge in [-0.2, -0.15) is 0 Å². The van der Waals surface area contributed by atoms with E-state index in [1.54, 1.807) is 0 Å². The number of nitrogens with one attached hydrogen (secondary N) is 1. The molecular formula is C9H11ClN2. The standard InChI is InChI=1S/C9H11ClN2/c10-6-1-2-8(11)7(5-6)9-3-4-12-9/h1-2,5,9,12H,3-4,11H2/t9-/m0/s1. The summed E-state index contributed by atoms with van der Waals surface area (Å²) in [6.45, 7) is 1.08. The van der Waals surface area contributed by atoms with Gasteiger partial charge in [-0.15, -0.1) is 0 Å². The molecule has 1 heterocycles. The van der Waals surface area contributed by atoms with Crippen LogP contribution < -0.4 is 11.1 Å². The van der Waals surface area contributed by atoms with E-state index in [1.807, 2.05) is 18.2 Å². The number of anilines is 1. The topological polar surface area (TPSA) is 38.0 Å². The molecule has 1 aromatic rings. The van der Waals surface area contributed by atoms with E-state index in [0.717, 1.165) is 29.2 Å². The minimum Gasteiger partial charge on any atom is -0.398 e. The van der Waals surface area contributed by atoms with Gasteiger partial charge in [0.25, 0.3) is 0 Å². The molecule has 0 amide bonds. The lowest BCUT2D eigenvalue weighted by Crippen LogP contribution is -2.35. The van der Waals surface area contributed by atoms with Gasteiger partial charge in [-0.25, -0.2) is 0 Å². The maximum absolute atomic E-state index is 5.86. The van der Waals surface area contributed by atoms with Gasteiger partial charge in [0, 0.05) is 16.8 Å². The van der Waals surface area contributed by atoms with Crippen molar-refractivity contribution in [3.63, 3.8) is 0 Å². The molecule has 0 radical (unpaired) electrons. The molecule has 0 aromatic heterocycles. The summed E-state index contributed by atoms with van der Waals surface area (Å²) in [7, 11) is 0. The van der Waals surface area contributed by atoms with Crippen molar-refractivity contribution < 1.29 is 0 Å². The Morgan fingerprint density at radius 2 is 2.25 bits per heavy atom. The SMILES string of the molecule is Nc1ccc(Cl)cc1[C@@H]1CCN1. The summed E-state index contributed by atoms with van der Waals surface area (Å²) in [5.74, 6) is 0. The molecule has 0 bridgehead atoms. The van der Waals surface area contributed by atoms with E-state index in [0.29, 0.717) is 6.04 Å². The van der Waals surface area contributed by atoms with Crippen LogP contribution in [0, 0.1) is 0 Å². The van der Waals surface area contributed by atoms with Crippen LogP contribution in [0.25, 0.3) is 0 Å². The highest BCUT2D eigenvalue weighted by Gasteiger charge is 2.20. The molecule has 1 aromatic carbocycles. The van der Waals surface area contributed by atoms with Crippen molar-refractivity contribution in [2.24, 2.45) is 0 Å². The average Bonchev–Trinajstić information content (AvgIpc) is 1.93. The third-order valence-electron chi connectivity index (χ3n) is 2.25. The minimum absolute atomic E-state index is 0.420. The van der Waals surface area contributed by atoms with Crippen LogP contribution >= 0.6 is 11.6 Å². The van der Waals surface area contributed by atoms with E-state index in [2.05, 4.69) is 5.32 Å². The van der Waals surface area contributed by atoms with Crippen molar-refractivity contribution in [3.8, 4) is 0 Å². The maximum Gasteiger partial charge on any atom is 0.0410 e. The molecule has 0 saturated carbocycles. The second-order valence-electron chi connectivity index (χ2n) is 3.07. The first-order valence-corrected chi connectivity index (χ1v) is 4.43. The van der Waals surface area contributed by atoms with Crippen molar-refractivity contribution in [1.82, 2.24) is 5.32 Å². The summed E-state index contributed by atoms with van der Waals surface area (Å²) >= 11 is 5.86. The van der Waals surface area contributed by atoms with Gasteiger partial charge in [0.2, 0.25) is 0 Å². The molecule has 0 spiro atoms. The Morgan fingerprint density at radius 1 is 1.50 bits per heavy atom. The highest BCUT2D eigenvalue weighted by Crippen LogP contribution is 2.29. The molecule has 3 heteroatoms. The van der Waals surface area contributed by atoms with E-state index >= 15 is 0 Å². The molecule has 0 aliphatic carbocycles. The van der Waals surface area contributed by atoms with Gasteiger partial charge in [-0.05, 0) is 36.7 Å². The Hall–Kier alpha value is -0.730. The Kier molecular flexibility index (Phi) is 1.95. The molecule has 1 aliphatic rings. The van der Waals surface area contributed by atoms with Gasteiger partial charge in [-0.1, -0.05) is 11.6 Å². The highest BCUT2D eigenvalue weighted by atomic mass is 35.5. The predicted molar refractivity (Wildman–Crippen MR) is 51.2 cm³/mol. The quantitative estimate of drug-likeness (QED) is 0.652. The minimum atomic E-state index is 0.420. The second kappa shape index (κ2) is 2.96. The first kappa shape index (κ1) is 7.90. The molecule has 0 unspecified atom stereocenters. The van der Waals surface area contributed by atoms with E-state index in [1.165, 1.54) is 0 Å². The molecule has 2 nitrogen and oxygen atoms in total. The number of nitrogen functional groups attached to an aromatic ring is 1. The second-order valence-corrected chi connectivity index (χ2v) is 3.51. The van der Waals surface area contributed by atoms with Crippen molar-refractivity contribution >= 4 is 17.3 Å². The lowest BCUT2D eigenvalue weighted by atomic mass is 9.97. The van der Waals surface area contributed by atoms with Crippen molar-refractivity contribution in [2.45, 2.75) is 12.5 Å². The van der Waals surface area contributed by atoms with Gasteiger partial charge >= 0.3 is 0 Å². The van der Waals surface area contributed by atoms with Crippen molar-refractivity contribution in [2.75, 3.05) is 12.3 Å². The normalized spacial score (nSPS) is 21.9. The van der Waals surface area contributed by atoms with Crippen LogP contribution in [0.15, 0.2) is 18.2 Å². The van der Waals surface area contributed by atoms with Crippen molar-refractivity contribution in [3.05, 3.63) is 28.8 Å². The molecule has 2 rings (SSSR count). The summed E-state index contributed by atoms with van der Waals surface area (Å²) in [6, 6.07) is 6.04. The highest BCUT2D eigenvalue weighted by molar-refractivity contribution is 6.30. The van der Waals surface area contributed by atoms with Gasteiger partial charge in [-0.3, -0.25) is 0 Å². The summed E-state index contributed by atoms with van der Waals surface area (Å²) in [5, 5.41) is 4.05. The predicted octanol–water partition coefficient (Wildman–Crippen LogP) is 1.96. The van der Waals surface area contributed by atoms with Gasteiger partial charge < -0.3 is 11.1 Å². The lowest BCUT2D eigenvalue weighted by Gasteiger charge is -2.29. The third kappa shape index (κ3) is 1.28. The number of rotatable bonds is 1. The summed E-state index contributed by atoms with van der Waals surface area (Å²) in [5.41, 5.74) is 7.76. The molecule has 3 N–H and O–H groups in total. The lowest BCUT2D eigenvalue weighted by molar-refractivity contribution is 0.384. The zero-order valence-corrected chi connectivity index (χ0v) is 7.43. The number of nitrogens with two attached hydrogens (primary N) is 1. The summed E-state index contributed by atoms with van der Waals surface area (Å²) in [6.07, 6.45) is 1.16. The number of hydrogen-bond acceptors (Lipinski definition) is 2. The van der Waals surface area contributed by atoms with E-state index < -0.39 is 0 Å². The van der Waals surface area contributed by atoms with Crippen LogP contribution in [0.5, 0.6) is 0 Å². The first-order valence-electron chi connectivity index (χ1n) is 4.05. The Morgan fingerprint density at radius 3 is 2.83 bits per heavy atom. The van der Waals surface area contributed by atoms with Gasteiger partial charge in [0.15, 0.2) is 0 Å². The molecule has 1 fully saturated rings. The average molecular weight is 183 g/mol. The fourth-order valence-corrected chi connectivity index (χ4v) is 1.58. The third-order valence-corrected chi connectivity index (χ3v) is 2.48. The van der Waals surface area contributed by atoms with E-state index in [4.69, 9.17) is 17.3 Å². The number of hydrogen-bond donors (Lipinski definition) is 2.